The van der Waals surface area contributed by atoms with Crippen LogP contribution in [0.1, 0.15) is 0 Å². The van der Waals surface area contributed by atoms with Gasteiger partial charge in [0.25, 0.3) is 0 Å². The first-order valence-corrected chi connectivity index (χ1v) is 17.0. The smallest absolute Gasteiger partial charge is 0.143 e. The van der Waals surface area contributed by atoms with E-state index in [-0.39, 0.29) is 0 Å². The van der Waals surface area contributed by atoms with E-state index in [2.05, 4.69) is 174 Å². The number of pyridine rings is 1. The molecule has 0 N–H and O–H groups in total. The zero-order valence-electron chi connectivity index (χ0n) is 27.1. The summed E-state index contributed by atoms with van der Waals surface area (Å²) in [5, 5.41) is 4.61. The Labute approximate surface area is 289 Å². The number of benzene rings is 7. The number of para-hydroxylation sites is 4. The normalized spacial score (nSPS) is 11.6. The number of aromatic nitrogens is 2. The molecule has 10 rings (SSSR count). The van der Waals surface area contributed by atoms with Gasteiger partial charge in [-0.25, -0.2) is 4.98 Å². The Balaban J connectivity index is 1.23. The minimum atomic E-state index is 0.884. The standard InChI is InChI=1S/C47H30N2O/c1-3-13-31(14-4-1)32-25-27-33(28-26-32)41-29-34(36-19-11-20-38-37-17-8-10-24-45(37)50-47(36)38)30-42(48-41)39-21-12-23-44-46(39)40-18-7-9-22-43(40)49(44)35-15-5-2-6-16-35/h1-30H. The lowest BCUT2D eigenvalue weighted by Gasteiger charge is -2.13. The van der Waals surface area contributed by atoms with Crippen LogP contribution >= 0.6 is 0 Å². The molecule has 0 aliphatic heterocycles. The number of hydrogen-bond acceptors (Lipinski definition) is 2. The highest BCUT2D eigenvalue weighted by molar-refractivity contribution is 6.16. The van der Waals surface area contributed by atoms with E-state index >= 15 is 0 Å². The quantitative estimate of drug-likeness (QED) is 0.188. The highest BCUT2D eigenvalue weighted by Gasteiger charge is 2.19. The molecule has 234 valence electrons. The molecule has 10 aromatic rings. The third-order valence-corrected chi connectivity index (χ3v) is 9.82. The van der Waals surface area contributed by atoms with Crippen LogP contribution < -0.4 is 0 Å². The van der Waals surface area contributed by atoms with Crippen LogP contribution in [0.15, 0.2) is 186 Å². The fraction of sp³-hybridized carbons (Fsp3) is 0. The van der Waals surface area contributed by atoms with Gasteiger partial charge in [0.1, 0.15) is 11.2 Å². The molecule has 3 heteroatoms. The first-order chi connectivity index (χ1) is 24.8. The van der Waals surface area contributed by atoms with E-state index in [0.29, 0.717) is 0 Å². The zero-order chi connectivity index (χ0) is 33.0. The summed E-state index contributed by atoms with van der Waals surface area (Å²) < 4.78 is 8.91. The molecule has 0 spiro atoms. The van der Waals surface area contributed by atoms with Crippen molar-refractivity contribution < 1.29 is 4.42 Å². The average Bonchev–Trinajstić information content (AvgIpc) is 3.75. The van der Waals surface area contributed by atoms with Crippen molar-refractivity contribution in [2.45, 2.75) is 0 Å². The highest BCUT2D eigenvalue weighted by Crippen LogP contribution is 2.42. The first kappa shape index (κ1) is 28.3. The highest BCUT2D eigenvalue weighted by atomic mass is 16.3. The van der Waals surface area contributed by atoms with E-state index in [4.69, 9.17) is 9.40 Å². The molecule has 3 nitrogen and oxygen atoms in total. The van der Waals surface area contributed by atoms with Crippen molar-refractivity contribution in [3.05, 3.63) is 182 Å². The van der Waals surface area contributed by atoms with Crippen LogP contribution in [0, 0.1) is 0 Å². The summed E-state index contributed by atoms with van der Waals surface area (Å²) in [5.41, 5.74) is 13.7. The van der Waals surface area contributed by atoms with Crippen molar-refractivity contribution in [1.82, 2.24) is 9.55 Å². The number of rotatable bonds is 5. The van der Waals surface area contributed by atoms with Crippen LogP contribution in [-0.4, -0.2) is 9.55 Å². The number of furan rings is 1. The zero-order valence-corrected chi connectivity index (χ0v) is 27.1. The molecule has 0 aliphatic carbocycles. The summed E-state index contributed by atoms with van der Waals surface area (Å²) in [7, 11) is 0. The Morgan fingerprint density at radius 1 is 0.400 bits per heavy atom. The lowest BCUT2D eigenvalue weighted by molar-refractivity contribution is 0.670. The third-order valence-electron chi connectivity index (χ3n) is 9.82. The van der Waals surface area contributed by atoms with Crippen molar-refractivity contribution in [1.29, 1.82) is 0 Å². The largest absolute Gasteiger partial charge is 0.455 e. The lowest BCUT2D eigenvalue weighted by Crippen LogP contribution is -1.94. The summed E-state index contributed by atoms with van der Waals surface area (Å²) >= 11 is 0. The maximum absolute atomic E-state index is 6.55. The van der Waals surface area contributed by atoms with Gasteiger partial charge in [-0.05, 0) is 59.2 Å². The minimum absolute atomic E-state index is 0.884. The van der Waals surface area contributed by atoms with Crippen LogP contribution in [0.3, 0.4) is 0 Å². The monoisotopic (exact) mass is 638 g/mol. The molecule has 0 unspecified atom stereocenters. The molecule has 50 heavy (non-hydrogen) atoms. The van der Waals surface area contributed by atoms with Crippen LogP contribution in [-0.2, 0) is 0 Å². The van der Waals surface area contributed by atoms with Crippen LogP contribution in [0.2, 0.25) is 0 Å². The Morgan fingerprint density at radius 2 is 1.00 bits per heavy atom. The van der Waals surface area contributed by atoms with E-state index in [9.17, 15) is 0 Å². The van der Waals surface area contributed by atoms with Gasteiger partial charge in [-0.1, -0.05) is 140 Å². The Bertz CT molecular complexity index is 2850. The Hall–Kier alpha value is -6.71. The lowest BCUT2D eigenvalue weighted by atomic mass is 9.96. The fourth-order valence-corrected chi connectivity index (χ4v) is 7.50. The van der Waals surface area contributed by atoms with Gasteiger partial charge in [0.05, 0.1) is 22.4 Å². The molecule has 0 radical (unpaired) electrons. The molecule has 0 saturated heterocycles. The predicted molar refractivity (Wildman–Crippen MR) is 208 cm³/mol. The van der Waals surface area contributed by atoms with E-state index < -0.39 is 0 Å². The first-order valence-electron chi connectivity index (χ1n) is 17.0. The minimum Gasteiger partial charge on any atom is -0.455 e. The van der Waals surface area contributed by atoms with Crippen molar-refractivity contribution in [2.24, 2.45) is 0 Å². The van der Waals surface area contributed by atoms with Gasteiger partial charge in [0.15, 0.2) is 0 Å². The second-order valence-electron chi connectivity index (χ2n) is 12.7. The van der Waals surface area contributed by atoms with E-state index in [1.165, 1.54) is 27.4 Å². The van der Waals surface area contributed by atoms with Gasteiger partial charge >= 0.3 is 0 Å². The molecule has 3 aromatic heterocycles. The molecule has 3 heterocycles. The van der Waals surface area contributed by atoms with Gasteiger partial charge in [-0.15, -0.1) is 0 Å². The molecule has 0 atom stereocenters. The summed E-state index contributed by atoms with van der Waals surface area (Å²) in [6.45, 7) is 0. The summed E-state index contributed by atoms with van der Waals surface area (Å²) in [5.74, 6) is 0. The molecule has 0 bridgehead atoms. The van der Waals surface area contributed by atoms with E-state index in [0.717, 1.165) is 66.8 Å². The van der Waals surface area contributed by atoms with Gasteiger partial charge in [0.2, 0.25) is 0 Å². The van der Waals surface area contributed by atoms with Crippen LogP contribution in [0.4, 0.5) is 0 Å². The molecular formula is C47H30N2O. The molecular weight excluding hydrogens is 609 g/mol. The number of fused-ring (bicyclic) bond motifs is 6. The molecule has 0 fully saturated rings. The second-order valence-corrected chi connectivity index (χ2v) is 12.7. The molecule has 0 saturated carbocycles. The molecule has 7 aromatic carbocycles. The van der Waals surface area contributed by atoms with Crippen molar-refractivity contribution in [3.63, 3.8) is 0 Å². The fourth-order valence-electron chi connectivity index (χ4n) is 7.50. The van der Waals surface area contributed by atoms with E-state index in [1.54, 1.807) is 0 Å². The van der Waals surface area contributed by atoms with Crippen LogP contribution in [0.5, 0.6) is 0 Å². The summed E-state index contributed by atoms with van der Waals surface area (Å²) in [6, 6.07) is 64.2. The van der Waals surface area contributed by atoms with Gasteiger partial charge in [0, 0.05) is 43.9 Å². The number of nitrogens with zero attached hydrogens (tertiary/aromatic N) is 2. The summed E-state index contributed by atoms with van der Waals surface area (Å²) in [6.07, 6.45) is 0. The predicted octanol–water partition coefficient (Wildman–Crippen LogP) is 12.7. The number of hydrogen-bond donors (Lipinski definition) is 0. The maximum Gasteiger partial charge on any atom is 0.143 e. The van der Waals surface area contributed by atoms with Gasteiger partial charge in [-0.3, -0.25) is 0 Å². The van der Waals surface area contributed by atoms with E-state index in [1.807, 2.05) is 12.1 Å². The average molecular weight is 639 g/mol. The topological polar surface area (TPSA) is 31.0 Å². The Morgan fingerprint density at radius 3 is 1.84 bits per heavy atom. The Kier molecular flexibility index (Phi) is 6.49. The van der Waals surface area contributed by atoms with Crippen molar-refractivity contribution in [3.8, 4) is 50.5 Å². The van der Waals surface area contributed by atoms with Gasteiger partial charge in [-0.2, -0.15) is 0 Å². The summed E-state index contributed by atoms with van der Waals surface area (Å²) in [4.78, 5) is 5.42. The SMILES string of the molecule is c1ccc(-c2ccc(-c3cc(-c4cccc5c4oc4ccccc45)cc(-c4cccc5c4c4ccccc4n5-c4ccccc4)n3)cc2)cc1. The van der Waals surface area contributed by atoms with Crippen molar-refractivity contribution in [2.75, 3.05) is 0 Å². The second kappa shape index (κ2) is 11.5. The van der Waals surface area contributed by atoms with Crippen molar-refractivity contribution >= 4 is 43.7 Å². The third kappa shape index (κ3) is 4.56. The molecule has 0 aliphatic rings. The molecule has 0 amide bonds. The van der Waals surface area contributed by atoms with Gasteiger partial charge < -0.3 is 8.98 Å². The van der Waals surface area contributed by atoms with Crippen LogP contribution in [0.25, 0.3) is 94.2 Å². The maximum atomic E-state index is 6.55.